The van der Waals surface area contributed by atoms with Crippen LogP contribution in [0, 0.1) is 13.8 Å². The predicted molar refractivity (Wildman–Crippen MR) is 72.7 cm³/mol. The van der Waals surface area contributed by atoms with Gasteiger partial charge in [0.25, 0.3) is 0 Å². The zero-order valence-electron chi connectivity index (χ0n) is 10.2. The van der Waals surface area contributed by atoms with Crippen LogP contribution in [0.5, 0.6) is 0 Å². The molecule has 1 aromatic carbocycles. The van der Waals surface area contributed by atoms with Gasteiger partial charge in [0.15, 0.2) is 5.96 Å². The lowest BCUT2D eigenvalue weighted by Gasteiger charge is -2.05. The van der Waals surface area contributed by atoms with E-state index in [2.05, 4.69) is 20.0 Å². The lowest BCUT2D eigenvalue weighted by Crippen LogP contribution is -2.26. The Morgan fingerprint density at radius 3 is 2.61 bits per heavy atom. The van der Waals surface area contributed by atoms with Crippen LogP contribution in [0.4, 0.5) is 5.69 Å². The number of nitrogens with two attached hydrogens (primary N) is 3. The van der Waals surface area contributed by atoms with Crippen molar-refractivity contribution in [3.05, 3.63) is 23.5 Å². The number of nitrogens with one attached hydrogen (secondary N) is 1. The highest BCUT2D eigenvalue weighted by atomic mass is 15.1. The molecule has 18 heavy (non-hydrogen) atoms. The fourth-order valence-electron chi connectivity index (χ4n) is 1.72. The third-order valence-corrected chi connectivity index (χ3v) is 2.73. The van der Waals surface area contributed by atoms with E-state index in [0.717, 1.165) is 22.2 Å². The fraction of sp³-hybridized carbons (Fsp3) is 0.182. The summed E-state index contributed by atoms with van der Waals surface area (Å²) in [4.78, 5) is 15.2. The van der Waals surface area contributed by atoms with E-state index in [4.69, 9.17) is 17.2 Å². The highest BCUT2D eigenvalue weighted by molar-refractivity contribution is 5.94. The molecule has 0 saturated heterocycles. The Bertz CT molecular complexity index is 647. The molecule has 0 unspecified atom stereocenters. The number of imidazole rings is 1. The van der Waals surface area contributed by atoms with E-state index in [1.807, 2.05) is 19.9 Å². The Morgan fingerprint density at radius 2 is 1.94 bits per heavy atom. The third-order valence-electron chi connectivity index (χ3n) is 2.73. The zero-order chi connectivity index (χ0) is 13.3. The van der Waals surface area contributed by atoms with E-state index in [-0.39, 0.29) is 11.9 Å². The lowest BCUT2D eigenvalue weighted by atomic mass is 10.1. The predicted octanol–water partition coefficient (Wildman–Crippen LogP) is 0.399. The summed E-state index contributed by atoms with van der Waals surface area (Å²) in [7, 11) is 0. The van der Waals surface area contributed by atoms with Crippen molar-refractivity contribution >= 4 is 28.6 Å². The minimum atomic E-state index is -0.117. The number of H-pyrrole nitrogens is 1. The van der Waals surface area contributed by atoms with Gasteiger partial charge in [0.1, 0.15) is 0 Å². The van der Waals surface area contributed by atoms with Crippen LogP contribution < -0.4 is 17.2 Å². The molecule has 94 valence electrons. The lowest BCUT2D eigenvalue weighted by molar-refractivity contribution is 1.30. The summed E-state index contributed by atoms with van der Waals surface area (Å²) >= 11 is 0. The van der Waals surface area contributed by atoms with E-state index in [0.29, 0.717) is 5.69 Å². The van der Waals surface area contributed by atoms with Gasteiger partial charge in [-0.3, -0.25) is 0 Å². The van der Waals surface area contributed by atoms with E-state index in [1.54, 1.807) is 6.33 Å². The Kier molecular flexibility index (Phi) is 2.88. The Hall–Kier alpha value is -2.57. The van der Waals surface area contributed by atoms with Gasteiger partial charge in [-0.1, -0.05) is 0 Å². The SMILES string of the molecule is Cc1c(N=C(N)N=C(N)N)cc2[nH]cnc2c1C. The maximum absolute atomic E-state index is 5.62. The Morgan fingerprint density at radius 1 is 1.22 bits per heavy atom. The largest absolute Gasteiger partial charge is 0.370 e. The number of aromatic amines is 1. The van der Waals surface area contributed by atoms with Gasteiger partial charge in [-0.15, -0.1) is 0 Å². The summed E-state index contributed by atoms with van der Waals surface area (Å²) in [5.41, 5.74) is 20.7. The van der Waals surface area contributed by atoms with Gasteiger partial charge in [-0.25, -0.2) is 9.98 Å². The normalized spacial score (nSPS) is 11.8. The molecule has 0 aliphatic carbocycles. The second-order valence-electron chi connectivity index (χ2n) is 3.95. The molecule has 7 heteroatoms. The van der Waals surface area contributed by atoms with Crippen LogP contribution in [0.2, 0.25) is 0 Å². The van der Waals surface area contributed by atoms with Gasteiger partial charge < -0.3 is 22.2 Å². The van der Waals surface area contributed by atoms with Crippen LogP contribution in [-0.4, -0.2) is 21.9 Å². The molecule has 0 spiro atoms. The third kappa shape index (κ3) is 2.10. The number of guanidine groups is 2. The first-order chi connectivity index (χ1) is 8.49. The van der Waals surface area contributed by atoms with Crippen molar-refractivity contribution in [3.8, 4) is 0 Å². The van der Waals surface area contributed by atoms with Gasteiger partial charge in [-0.2, -0.15) is 4.99 Å². The van der Waals surface area contributed by atoms with E-state index in [1.165, 1.54) is 0 Å². The molecule has 0 radical (unpaired) electrons. The number of hydrogen-bond donors (Lipinski definition) is 4. The summed E-state index contributed by atoms with van der Waals surface area (Å²) in [5, 5.41) is 0. The maximum Gasteiger partial charge on any atom is 0.223 e. The molecular weight excluding hydrogens is 230 g/mol. The summed E-state index contributed by atoms with van der Waals surface area (Å²) in [6, 6.07) is 1.86. The van der Waals surface area contributed by atoms with Crippen LogP contribution in [0.25, 0.3) is 11.0 Å². The average Bonchev–Trinajstić information content (AvgIpc) is 2.72. The maximum atomic E-state index is 5.62. The standard InChI is InChI=1S/C11H15N7/c1-5-6(2)9-8(15-4-16-9)3-7(5)17-11(14)18-10(12)13/h3-4H,1-2H3,(H,15,16)(H6,12,13,14,17,18). The van der Waals surface area contributed by atoms with Crippen LogP contribution in [-0.2, 0) is 0 Å². The molecule has 2 aromatic rings. The smallest absolute Gasteiger partial charge is 0.223 e. The number of aliphatic imine (C=N–C) groups is 2. The second kappa shape index (κ2) is 4.36. The summed E-state index contributed by atoms with van der Waals surface area (Å²) in [6.07, 6.45) is 1.64. The minimum absolute atomic E-state index is 0.0244. The van der Waals surface area contributed by atoms with Crippen LogP contribution in [0.3, 0.4) is 0 Å². The summed E-state index contributed by atoms with van der Waals surface area (Å²) < 4.78 is 0. The molecule has 0 bridgehead atoms. The van der Waals surface area contributed by atoms with Gasteiger partial charge in [0.2, 0.25) is 5.96 Å². The molecule has 2 rings (SSSR count). The fourth-order valence-corrected chi connectivity index (χ4v) is 1.72. The summed E-state index contributed by atoms with van der Waals surface area (Å²) in [6.45, 7) is 3.93. The first-order valence-corrected chi connectivity index (χ1v) is 5.36. The number of benzene rings is 1. The number of aryl methyl sites for hydroxylation is 1. The molecule has 0 atom stereocenters. The molecule has 1 aromatic heterocycles. The first-order valence-electron chi connectivity index (χ1n) is 5.36. The van der Waals surface area contributed by atoms with Crippen LogP contribution in [0.1, 0.15) is 11.1 Å². The van der Waals surface area contributed by atoms with Crippen molar-refractivity contribution in [3.63, 3.8) is 0 Å². The zero-order valence-corrected chi connectivity index (χ0v) is 10.2. The van der Waals surface area contributed by atoms with Gasteiger partial charge in [-0.05, 0) is 31.0 Å². The topological polar surface area (TPSA) is 131 Å². The first kappa shape index (κ1) is 11.9. The van der Waals surface area contributed by atoms with Crippen LogP contribution in [0.15, 0.2) is 22.4 Å². The number of fused-ring (bicyclic) bond motifs is 1. The van der Waals surface area contributed by atoms with E-state index < -0.39 is 0 Å². The monoisotopic (exact) mass is 245 g/mol. The molecule has 0 saturated carbocycles. The Labute approximate surface area is 104 Å². The number of rotatable bonds is 1. The van der Waals surface area contributed by atoms with Crippen molar-refractivity contribution in [2.75, 3.05) is 0 Å². The molecule has 7 nitrogen and oxygen atoms in total. The van der Waals surface area contributed by atoms with Gasteiger partial charge in [0, 0.05) is 0 Å². The van der Waals surface area contributed by atoms with E-state index in [9.17, 15) is 0 Å². The number of aromatic nitrogens is 2. The molecule has 0 aliphatic heterocycles. The van der Waals surface area contributed by atoms with Crippen molar-refractivity contribution < 1.29 is 0 Å². The molecule has 7 N–H and O–H groups in total. The van der Waals surface area contributed by atoms with E-state index >= 15 is 0 Å². The average molecular weight is 245 g/mol. The second-order valence-corrected chi connectivity index (χ2v) is 3.95. The molecule has 0 fully saturated rings. The molecule has 1 heterocycles. The number of hydrogen-bond acceptors (Lipinski definition) is 2. The van der Waals surface area contributed by atoms with Gasteiger partial charge >= 0.3 is 0 Å². The highest BCUT2D eigenvalue weighted by Gasteiger charge is 2.08. The van der Waals surface area contributed by atoms with Crippen molar-refractivity contribution in [2.45, 2.75) is 13.8 Å². The molecule has 0 aliphatic rings. The number of nitrogens with zero attached hydrogens (tertiary/aromatic N) is 3. The van der Waals surface area contributed by atoms with Crippen molar-refractivity contribution in [1.82, 2.24) is 9.97 Å². The Balaban J connectivity index is 2.58. The quantitative estimate of drug-likeness (QED) is 0.427. The van der Waals surface area contributed by atoms with Crippen molar-refractivity contribution in [1.29, 1.82) is 0 Å². The highest BCUT2D eigenvalue weighted by Crippen LogP contribution is 2.28. The van der Waals surface area contributed by atoms with Gasteiger partial charge in [0.05, 0.1) is 23.0 Å². The van der Waals surface area contributed by atoms with Crippen molar-refractivity contribution in [2.24, 2.45) is 27.2 Å². The molecular formula is C11H15N7. The molecule has 0 amide bonds. The van der Waals surface area contributed by atoms with Crippen LogP contribution >= 0.6 is 0 Å². The summed E-state index contributed by atoms with van der Waals surface area (Å²) in [5.74, 6) is -0.0930. The minimum Gasteiger partial charge on any atom is -0.370 e.